The van der Waals surface area contributed by atoms with Gasteiger partial charge < -0.3 is 9.64 Å². The van der Waals surface area contributed by atoms with Gasteiger partial charge in [-0.1, -0.05) is 42.7 Å². The fraction of sp³-hybridized carbons (Fsp3) is 0.524. The SMILES string of the molecule is COc1cccc(-c2nnc(NC(=O)C3CCCN3C(=O)C3CCCCC3)s2)c1. The number of carbonyl (C=O) groups is 2. The molecule has 1 aliphatic heterocycles. The van der Waals surface area contributed by atoms with Gasteiger partial charge >= 0.3 is 0 Å². The van der Waals surface area contributed by atoms with Crippen LogP contribution in [0.15, 0.2) is 24.3 Å². The number of nitrogens with zero attached hydrogens (tertiary/aromatic N) is 3. The average Bonchev–Trinajstić information content (AvgIpc) is 3.44. The van der Waals surface area contributed by atoms with Gasteiger partial charge in [0.25, 0.3) is 0 Å². The topological polar surface area (TPSA) is 84.4 Å². The number of likely N-dealkylation sites (tertiary alicyclic amines) is 1. The van der Waals surface area contributed by atoms with E-state index in [9.17, 15) is 9.59 Å². The highest BCUT2D eigenvalue weighted by Crippen LogP contribution is 2.31. The highest BCUT2D eigenvalue weighted by molar-refractivity contribution is 7.18. The Kier molecular flexibility index (Phi) is 6.08. The number of anilines is 1. The lowest BCUT2D eigenvalue weighted by Crippen LogP contribution is -2.46. The lowest BCUT2D eigenvalue weighted by Gasteiger charge is -2.29. The molecular weight excluding hydrogens is 388 g/mol. The summed E-state index contributed by atoms with van der Waals surface area (Å²) in [5, 5.41) is 12.3. The molecule has 1 saturated carbocycles. The molecule has 8 heteroatoms. The maximum atomic E-state index is 12.9. The minimum absolute atomic E-state index is 0.0818. The normalized spacial score (nSPS) is 19.9. The second kappa shape index (κ2) is 8.90. The minimum Gasteiger partial charge on any atom is -0.497 e. The highest BCUT2D eigenvalue weighted by atomic mass is 32.1. The summed E-state index contributed by atoms with van der Waals surface area (Å²) in [7, 11) is 1.62. The molecule has 29 heavy (non-hydrogen) atoms. The molecule has 1 aromatic carbocycles. The molecule has 2 fully saturated rings. The third-order valence-electron chi connectivity index (χ3n) is 5.76. The number of ether oxygens (including phenoxy) is 1. The molecule has 1 aliphatic carbocycles. The highest BCUT2D eigenvalue weighted by Gasteiger charge is 2.37. The van der Waals surface area contributed by atoms with E-state index in [1.165, 1.54) is 17.8 Å². The van der Waals surface area contributed by atoms with Crippen LogP contribution < -0.4 is 10.1 Å². The van der Waals surface area contributed by atoms with Gasteiger partial charge in [-0.25, -0.2) is 0 Å². The van der Waals surface area contributed by atoms with Crippen molar-refractivity contribution in [3.05, 3.63) is 24.3 Å². The zero-order chi connectivity index (χ0) is 20.2. The van der Waals surface area contributed by atoms with Gasteiger partial charge in [0, 0.05) is 18.0 Å². The molecule has 1 unspecified atom stereocenters. The van der Waals surface area contributed by atoms with Crippen molar-refractivity contribution < 1.29 is 14.3 Å². The Morgan fingerprint density at radius 2 is 1.97 bits per heavy atom. The largest absolute Gasteiger partial charge is 0.497 e. The van der Waals surface area contributed by atoms with Gasteiger partial charge in [0.05, 0.1) is 7.11 Å². The quantitative estimate of drug-likeness (QED) is 0.806. The van der Waals surface area contributed by atoms with Crippen LogP contribution in [0.4, 0.5) is 5.13 Å². The van der Waals surface area contributed by atoms with E-state index in [0.29, 0.717) is 23.1 Å². The number of aromatic nitrogens is 2. The first-order valence-electron chi connectivity index (χ1n) is 10.2. The summed E-state index contributed by atoms with van der Waals surface area (Å²) in [6.45, 7) is 0.665. The van der Waals surface area contributed by atoms with Crippen LogP contribution in [0.5, 0.6) is 5.75 Å². The molecule has 0 spiro atoms. The van der Waals surface area contributed by atoms with E-state index in [4.69, 9.17) is 4.74 Å². The van der Waals surface area contributed by atoms with Crippen molar-refractivity contribution in [1.29, 1.82) is 0 Å². The van der Waals surface area contributed by atoms with E-state index in [1.807, 2.05) is 24.3 Å². The standard InChI is InChI=1S/C21H26N4O3S/c1-28-16-10-5-9-15(13-16)19-23-24-21(29-19)22-18(26)17-11-6-12-25(17)20(27)14-7-3-2-4-8-14/h5,9-10,13-14,17H,2-4,6-8,11-12H2,1H3,(H,22,24,26). The van der Waals surface area contributed by atoms with E-state index in [0.717, 1.165) is 43.4 Å². The summed E-state index contributed by atoms with van der Waals surface area (Å²) in [6, 6.07) is 7.16. The molecule has 1 N–H and O–H groups in total. The molecule has 154 valence electrons. The fourth-order valence-corrected chi connectivity index (χ4v) is 4.97. The Hall–Kier alpha value is -2.48. The van der Waals surface area contributed by atoms with Crippen molar-refractivity contribution in [1.82, 2.24) is 15.1 Å². The summed E-state index contributed by atoms with van der Waals surface area (Å²) >= 11 is 1.32. The number of methoxy groups -OCH3 is 1. The number of amides is 2. The molecule has 0 radical (unpaired) electrons. The van der Waals surface area contributed by atoms with Gasteiger partial charge in [0.2, 0.25) is 16.9 Å². The van der Waals surface area contributed by atoms with Gasteiger partial charge in [0.1, 0.15) is 16.8 Å². The van der Waals surface area contributed by atoms with E-state index in [-0.39, 0.29) is 17.7 Å². The third kappa shape index (κ3) is 4.42. The van der Waals surface area contributed by atoms with E-state index in [2.05, 4.69) is 15.5 Å². The predicted octanol–water partition coefficient (Wildman–Crippen LogP) is 3.72. The first-order valence-corrected chi connectivity index (χ1v) is 11.1. The first-order chi connectivity index (χ1) is 14.2. The van der Waals surface area contributed by atoms with Crippen LogP contribution in [0.2, 0.25) is 0 Å². The number of benzene rings is 1. The van der Waals surface area contributed by atoms with Crippen LogP contribution in [-0.2, 0) is 9.59 Å². The number of nitrogens with one attached hydrogen (secondary N) is 1. The molecule has 2 aromatic rings. The maximum absolute atomic E-state index is 12.9. The van der Waals surface area contributed by atoms with Crippen LogP contribution in [0.25, 0.3) is 10.6 Å². The van der Waals surface area contributed by atoms with Gasteiger partial charge in [-0.05, 0) is 37.8 Å². The number of hydrogen-bond donors (Lipinski definition) is 1. The summed E-state index contributed by atoms with van der Waals surface area (Å²) in [6.07, 6.45) is 6.89. The van der Waals surface area contributed by atoms with Gasteiger partial charge in [-0.2, -0.15) is 0 Å². The van der Waals surface area contributed by atoms with E-state index >= 15 is 0 Å². The second-order valence-electron chi connectivity index (χ2n) is 7.66. The molecule has 1 aromatic heterocycles. The van der Waals surface area contributed by atoms with Crippen LogP contribution >= 0.6 is 11.3 Å². The summed E-state index contributed by atoms with van der Waals surface area (Å²) in [5.41, 5.74) is 0.886. The average molecular weight is 415 g/mol. The van der Waals surface area contributed by atoms with Crippen molar-refractivity contribution in [2.75, 3.05) is 19.0 Å². The van der Waals surface area contributed by atoms with E-state index < -0.39 is 6.04 Å². The molecule has 7 nitrogen and oxygen atoms in total. The van der Waals surface area contributed by atoms with Crippen molar-refractivity contribution in [2.24, 2.45) is 5.92 Å². The molecule has 2 aliphatic rings. The van der Waals surface area contributed by atoms with Crippen LogP contribution in [0.3, 0.4) is 0 Å². The number of hydrogen-bond acceptors (Lipinski definition) is 6. The van der Waals surface area contributed by atoms with Crippen molar-refractivity contribution >= 4 is 28.3 Å². The monoisotopic (exact) mass is 414 g/mol. The number of rotatable bonds is 5. The molecular formula is C21H26N4O3S. The summed E-state index contributed by atoms with van der Waals surface area (Å²) < 4.78 is 5.25. The molecule has 2 amide bonds. The lowest BCUT2D eigenvalue weighted by molar-refractivity contribution is -0.141. The summed E-state index contributed by atoms with van der Waals surface area (Å²) in [5.74, 6) is 0.807. The zero-order valence-corrected chi connectivity index (χ0v) is 17.4. The van der Waals surface area contributed by atoms with E-state index in [1.54, 1.807) is 12.0 Å². The number of carbonyl (C=O) groups excluding carboxylic acids is 2. The van der Waals surface area contributed by atoms with Gasteiger partial charge in [-0.3, -0.25) is 14.9 Å². The maximum Gasteiger partial charge on any atom is 0.249 e. The Labute approximate surface area is 174 Å². The first kappa shape index (κ1) is 19.8. The minimum atomic E-state index is -0.409. The van der Waals surface area contributed by atoms with Crippen molar-refractivity contribution in [2.45, 2.75) is 51.0 Å². The molecule has 1 saturated heterocycles. The smallest absolute Gasteiger partial charge is 0.249 e. The third-order valence-corrected chi connectivity index (χ3v) is 6.65. The van der Waals surface area contributed by atoms with Gasteiger partial charge in [0.15, 0.2) is 0 Å². The van der Waals surface area contributed by atoms with Crippen LogP contribution in [-0.4, -0.2) is 46.6 Å². The predicted molar refractivity (Wildman–Crippen MR) is 112 cm³/mol. The Morgan fingerprint density at radius 1 is 1.14 bits per heavy atom. The van der Waals surface area contributed by atoms with Crippen molar-refractivity contribution in [3.8, 4) is 16.3 Å². The Morgan fingerprint density at radius 3 is 2.76 bits per heavy atom. The Balaban J connectivity index is 1.42. The van der Waals surface area contributed by atoms with Crippen molar-refractivity contribution in [3.63, 3.8) is 0 Å². The van der Waals surface area contributed by atoms with Crippen LogP contribution in [0, 0.1) is 5.92 Å². The second-order valence-corrected chi connectivity index (χ2v) is 8.64. The molecule has 1 atom stereocenters. The van der Waals surface area contributed by atoms with Crippen LogP contribution in [0.1, 0.15) is 44.9 Å². The van der Waals surface area contributed by atoms with Gasteiger partial charge in [-0.15, -0.1) is 10.2 Å². The molecule has 2 heterocycles. The Bertz CT molecular complexity index is 878. The fourth-order valence-electron chi connectivity index (χ4n) is 4.22. The lowest BCUT2D eigenvalue weighted by atomic mass is 9.88. The molecule has 0 bridgehead atoms. The molecule has 4 rings (SSSR count). The summed E-state index contributed by atoms with van der Waals surface area (Å²) in [4.78, 5) is 27.6. The zero-order valence-electron chi connectivity index (χ0n) is 16.6.